The number of anilines is 1. The van der Waals surface area contributed by atoms with Gasteiger partial charge in [-0.15, -0.1) is 0 Å². The van der Waals surface area contributed by atoms with Gasteiger partial charge in [0.05, 0.1) is 41.2 Å². The summed E-state index contributed by atoms with van der Waals surface area (Å²) in [4.78, 5) is 38.2. The zero-order valence-corrected chi connectivity index (χ0v) is 24.6. The van der Waals surface area contributed by atoms with Crippen LogP contribution in [0.5, 0.6) is 11.5 Å². The highest BCUT2D eigenvalue weighted by molar-refractivity contribution is 7.22. The van der Waals surface area contributed by atoms with Crippen LogP contribution in [0.1, 0.15) is 48.3 Å². The fraction of sp³-hybridized carbons (Fsp3) is 0.250. The van der Waals surface area contributed by atoms with Gasteiger partial charge in [0.1, 0.15) is 22.8 Å². The van der Waals surface area contributed by atoms with Crippen LogP contribution in [-0.4, -0.2) is 44.9 Å². The number of unbranched alkanes of at least 4 members (excludes halogenated alkanes) is 1. The molecule has 0 saturated carbocycles. The smallest absolute Gasteiger partial charge is 0.301 e. The fourth-order valence-corrected chi connectivity index (χ4v) is 6.24. The summed E-state index contributed by atoms with van der Waals surface area (Å²) in [6.07, 6.45) is 3.80. The number of aromatic nitrogens is 3. The Balaban J connectivity index is 1.52. The minimum Gasteiger partial charge on any atom is -0.505 e. The van der Waals surface area contributed by atoms with Gasteiger partial charge in [0.25, 0.3) is 5.78 Å². The highest BCUT2D eigenvalue weighted by atomic mass is 32.1. The minimum atomic E-state index is -0.928. The van der Waals surface area contributed by atoms with E-state index in [0.717, 1.165) is 23.1 Å². The van der Waals surface area contributed by atoms with E-state index in [1.807, 2.05) is 73.0 Å². The van der Waals surface area contributed by atoms with E-state index >= 15 is 0 Å². The number of hydrogen-bond acceptors (Lipinski definition) is 8. The first kappa shape index (κ1) is 27.5. The maximum atomic E-state index is 13.7. The Bertz CT molecular complexity index is 1870. The van der Waals surface area contributed by atoms with E-state index in [2.05, 4.69) is 11.9 Å². The number of fused-ring (bicyclic) bond motifs is 2. The third-order valence-corrected chi connectivity index (χ3v) is 8.52. The summed E-state index contributed by atoms with van der Waals surface area (Å²) >= 11 is 1.28. The lowest BCUT2D eigenvalue weighted by atomic mass is 9.96. The zero-order valence-electron chi connectivity index (χ0n) is 23.7. The lowest BCUT2D eigenvalue weighted by molar-refractivity contribution is -0.132. The second-order valence-electron chi connectivity index (χ2n) is 10.2. The van der Waals surface area contributed by atoms with Crippen molar-refractivity contribution in [2.75, 3.05) is 18.6 Å². The lowest BCUT2D eigenvalue weighted by Gasteiger charge is -2.23. The molecule has 1 aliphatic rings. The number of methoxy groups -OCH3 is 1. The molecule has 0 radical (unpaired) electrons. The number of carbonyl (C=O) groups is 2. The van der Waals surface area contributed by atoms with E-state index in [-0.39, 0.29) is 17.0 Å². The summed E-state index contributed by atoms with van der Waals surface area (Å²) < 4.78 is 13.9. The highest BCUT2D eigenvalue weighted by Gasteiger charge is 2.48. The van der Waals surface area contributed by atoms with Gasteiger partial charge in [-0.1, -0.05) is 42.9 Å². The monoisotopic (exact) mass is 582 g/mol. The third kappa shape index (κ3) is 4.57. The molecule has 1 aliphatic heterocycles. The molecule has 1 saturated heterocycles. The molecule has 0 aliphatic carbocycles. The Morgan fingerprint density at radius 2 is 1.81 bits per heavy atom. The standard InChI is InChI=1S/C32H30N4O5S/c1-5-6-16-41-21-11-9-20(10-12-21)27-25(28(37)26-19(3)35-15-7-8-18(2)30(35)34-26)29(38)31(39)36(27)32-33-23-14-13-22(40-4)17-24(23)42-32/h7-15,17,27,37H,5-6,16H2,1-4H3/b28-25+. The van der Waals surface area contributed by atoms with Crippen molar-refractivity contribution in [1.29, 1.82) is 0 Å². The number of amides is 1. The summed E-state index contributed by atoms with van der Waals surface area (Å²) in [5, 5.41) is 12.1. The first-order chi connectivity index (χ1) is 20.3. The van der Waals surface area contributed by atoms with Crippen LogP contribution in [0.4, 0.5) is 5.13 Å². The van der Waals surface area contributed by atoms with E-state index in [1.165, 1.54) is 16.2 Å². The van der Waals surface area contributed by atoms with Crippen LogP contribution >= 0.6 is 11.3 Å². The summed E-state index contributed by atoms with van der Waals surface area (Å²) in [6.45, 7) is 6.44. The number of nitrogens with zero attached hydrogens (tertiary/aromatic N) is 4. The molecule has 1 fully saturated rings. The van der Waals surface area contributed by atoms with Gasteiger partial charge in [0.15, 0.2) is 10.9 Å². The summed E-state index contributed by atoms with van der Waals surface area (Å²) in [6, 6.07) is 15.6. The molecule has 4 heterocycles. The number of Topliss-reactive ketones (excluding diaryl/α,β-unsaturated/α-hetero) is 1. The van der Waals surface area contributed by atoms with E-state index < -0.39 is 17.7 Å². The van der Waals surface area contributed by atoms with Gasteiger partial charge < -0.3 is 19.0 Å². The van der Waals surface area contributed by atoms with E-state index in [9.17, 15) is 14.7 Å². The average molecular weight is 583 g/mol. The number of pyridine rings is 1. The van der Waals surface area contributed by atoms with Crippen molar-refractivity contribution in [1.82, 2.24) is 14.4 Å². The van der Waals surface area contributed by atoms with Crippen molar-refractivity contribution in [3.05, 3.63) is 88.9 Å². The molecule has 10 heteroatoms. The number of aryl methyl sites for hydroxylation is 2. The van der Waals surface area contributed by atoms with Crippen LogP contribution in [0.15, 0.2) is 66.4 Å². The quantitative estimate of drug-likeness (QED) is 0.0980. The van der Waals surface area contributed by atoms with Crippen molar-refractivity contribution in [2.45, 2.75) is 39.7 Å². The van der Waals surface area contributed by atoms with E-state index in [1.54, 1.807) is 13.2 Å². The first-order valence-electron chi connectivity index (χ1n) is 13.7. The van der Waals surface area contributed by atoms with E-state index in [4.69, 9.17) is 14.5 Å². The molecule has 0 bridgehead atoms. The van der Waals surface area contributed by atoms with Crippen LogP contribution in [-0.2, 0) is 9.59 Å². The topological polar surface area (TPSA) is 106 Å². The first-order valence-corrected chi connectivity index (χ1v) is 14.6. The predicted molar refractivity (Wildman–Crippen MR) is 162 cm³/mol. The molecular formula is C32H30N4O5S. The largest absolute Gasteiger partial charge is 0.505 e. The number of carbonyl (C=O) groups excluding carboxylic acids is 2. The Labute approximate surface area is 246 Å². The number of aliphatic hydroxyl groups excluding tert-OH is 1. The lowest BCUT2D eigenvalue weighted by Crippen LogP contribution is -2.29. The van der Waals surface area contributed by atoms with Gasteiger partial charge >= 0.3 is 5.91 Å². The summed E-state index contributed by atoms with van der Waals surface area (Å²) in [5.74, 6) is -0.554. The Hall–Kier alpha value is -4.70. The summed E-state index contributed by atoms with van der Waals surface area (Å²) in [7, 11) is 1.58. The molecular weight excluding hydrogens is 552 g/mol. The minimum absolute atomic E-state index is 0.0411. The molecule has 1 atom stereocenters. The van der Waals surface area contributed by atoms with Gasteiger partial charge in [-0.05, 0) is 67.8 Å². The number of aliphatic hydroxyl groups is 1. The Morgan fingerprint density at radius 1 is 1.05 bits per heavy atom. The van der Waals surface area contributed by atoms with Crippen LogP contribution in [0.25, 0.3) is 21.6 Å². The number of rotatable bonds is 8. The number of ketones is 1. The number of ether oxygens (including phenoxy) is 2. The normalized spacial score (nSPS) is 16.6. The van der Waals surface area contributed by atoms with Crippen LogP contribution in [0.2, 0.25) is 0 Å². The molecule has 1 amide bonds. The van der Waals surface area contributed by atoms with Crippen molar-refractivity contribution in [2.24, 2.45) is 0 Å². The number of hydrogen-bond donors (Lipinski definition) is 1. The SMILES string of the molecule is CCCCOc1ccc(C2/C(=C(\O)c3nc4c(C)cccn4c3C)C(=O)C(=O)N2c2nc3ccc(OC)cc3s2)cc1. The molecule has 1 unspecified atom stereocenters. The van der Waals surface area contributed by atoms with Crippen molar-refractivity contribution in [3.63, 3.8) is 0 Å². The Kier molecular flexibility index (Phi) is 7.16. The molecule has 42 heavy (non-hydrogen) atoms. The highest BCUT2D eigenvalue weighted by Crippen LogP contribution is 2.45. The molecule has 9 nitrogen and oxygen atoms in total. The molecule has 2 aromatic carbocycles. The molecule has 5 aromatic rings. The van der Waals surface area contributed by atoms with Crippen LogP contribution in [0.3, 0.4) is 0 Å². The van der Waals surface area contributed by atoms with Gasteiger partial charge in [0.2, 0.25) is 0 Å². The van der Waals surface area contributed by atoms with Gasteiger partial charge in [-0.2, -0.15) is 0 Å². The second kappa shape index (κ2) is 10.9. The maximum Gasteiger partial charge on any atom is 0.301 e. The van der Waals surface area contributed by atoms with Crippen LogP contribution in [0, 0.1) is 13.8 Å². The zero-order chi connectivity index (χ0) is 29.5. The van der Waals surface area contributed by atoms with E-state index in [0.29, 0.717) is 45.7 Å². The Morgan fingerprint density at radius 3 is 2.52 bits per heavy atom. The predicted octanol–water partition coefficient (Wildman–Crippen LogP) is 6.37. The van der Waals surface area contributed by atoms with Gasteiger partial charge in [0, 0.05) is 6.20 Å². The maximum absolute atomic E-state index is 13.7. The molecule has 6 rings (SSSR count). The summed E-state index contributed by atoms with van der Waals surface area (Å²) in [5.41, 5.74) is 3.75. The third-order valence-electron chi connectivity index (χ3n) is 7.51. The number of benzene rings is 2. The van der Waals surface area contributed by atoms with Crippen molar-refractivity contribution < 1.29 is 24.2 Å². The fourth-order valence-electron chi connectivity index (χ4n) is 5.22. The van der Waals surface area contributed by atoms with Crippen LogP contribution < -0.4 is 14.4 Å². The number of thiazole rings is 1. The molecule has 3 aromatic heterocycles. The number of imidazole rings is 1. The molecule has 1 N–H and O–H groups in total. The average Bonchev–Trinajstić information content (AvgIpc) is 3.65. The van der Waals surface area contributed by atoms with Crippen molar-refractivity contribution in [3.8, 4) is 11.5 Å². The molecule has 0 spiro atoms. The van der Waals surface area contributed by atoms with Gasteiger partial charge in [-0.25, -0.2) is 9.97 Å². The molecule has 214 valence electrons. The second-order valence-corrected chi connectivity index (χ2v) is 11.2. The van der Waals surface area contributed by atoms with Crippen molar-refractivity contribution >= 4 is 49.8 Å². The van der Waals surface area contributed by atoms with Gasteiger partial charge in [-0.3, -0.25) is 14.5 Å².